The second-order valence-corrected chi connectivity index (χ2v) is 12.2. The van der Waals surface area contributed by atoms with Gasteiger partial charge in [-0.15, -0.1) is 0 Å². The number of nitrogens with zero attached hydrogens (tertiary/aromatic N) is 1. The Morgan fingerprint density at radius 3 is 1.67 bits per heavy atom. The molecule has 0 saturated carbocycles. The van der Waals surface area contributed by atoms with Crippen LogP contribution in [0.25, 0.3) is 0 Å². The lowest BCUT2D eigenvalue weighted by Crippen LogP contribution is -2.30. The molecule has 3 rings (SSSR count). The van der Waals surface area contributed by atoms with Crippen LogP contribution in [-0.2, 0) is 0 Å². The Bertz CT molecular complexity index is 647. The van der Waals surface area contributed by atoms with Crippen LogP contribution in [0.5, 0.6) is 0 Å². The molecule has 0 radical (unpaired) electrons. The van der Waals surface area contributed by atoms with Gasteiger partial charge in [-0.1, -0.05) is 100 Å². The van der Waals surface area contributed by atoms with Crippen LogP contribution in [0, 0.1) is 0 Å². The van der Waals surface area contributed by atoms with Gasteiger partial charge in [-0.2, -0.15) is 0 Å². The van der Waals surface area contributed by atoms with Crippen molar-refractivity contribution in [3.63, 3.8) is 0 Å². The molecule has 0 aliphatic carbocycles. The lowest BCUT2D eigenvalue weighted by atomic mass is 10.2. The highest BCUT2D eigenvalue weighted by atomic mass is 31.2. The van der Waals surface area contributed by atoms with Crippen molar-refractivity contribution in [1.82, 2.24) is 4.44 Å². The van der Waals surface area contributed by atoms with Crippen LogP contribution in [0.3, 0.4) is 0 Å². The molecule has 0 aromatic heterocycles. The molecule has 0 N–H and O–H groups in total. The monoisotopic (exact) mass is 397 g/mol. The van der Waals surface area contributed by atoms with Crippen molar-refractivity contribution in [3.05, 3.63) is 72.8 Å². The largest absolute Gasteiger partial charge is 0.251 e. The summed E-state index contributed by atoms with van der Waals surface area (Å²) in [5.74, 6) is 0. The van der Waals surface area contributed by atoms with Crippen molar-refractivity contribution in [2.24, 2.45) is 0 Å². The summed E-state index contributed by atoms with van der Waals surface area (Å²) in [6.07, 6.45) is 10.1. The zero-order valence-electron chi connectivity index (χ0n) is 17.0. The van der Waals surface area contributed by atoms with Gasteiger partial charge in [0.2, 0.25) is 0 Å². The number of unbranched alkanes of at least 4 members (excludes halogenated alkanes) is 1. The van der Waals surface area contributed by atoms with E-state index in [1.807, 2.05) is 0 Å². The molecule has 2 unspecified atom stereocenters. The SMILES string of the molecule is CCCCN(P(c1ccccc1)c1ccccc1)P1C(CC)C=C[C@H]1CC. The maximum absolute atomic E-state index is 2.96. The average Bonchev–Trinajstić information content (AvgIpc) is 3.15. The van der Waals surface area contributed by atoms with Gasteiger partial charge in [0.1, 0.15) is 0 Å². The van der Waals surface area contributed by atoms with E-state index >= 15 is 0 Å². The topological polar surface area (TPSA) is 3.24 Å². The minimum Gasteiger partial charge on any atom is -0.251 e. The summed E-state index contributed by atoms with van der Waals surface area (Å²) < 4.78 is 2.96. The number of allylic oxidation sites excluding steroid dienone is 2. The first kappa shape index (κ1) is 20.7. The normalized spacial score (nSPS) is 22.0. The van der Waals surface area contributed by atoms with Crippen LogP contribution in [0.4, 0.5) is 0 Å². The van der Waals surface area contributed by atoms with E-state index in [9.17, 15) is 0 Å². The quantitative estimate of drug-likeness (QED) is 0.338. The molecular formula is C24H33NP2. The first-order chi connectivity index (χ1) is 13.3. The Balaban J connectivity index is 2.05. The molecule has 0 fully saturated rings. The van der Waals surface area contributed by atoms with Gasteiger partial charge in [-0.25, -0.2) is 0 Å². The summed E-state index contributed by atoms with van der Waals surface area (Å²) in [6, 6.07) is 22.5. The molecule has 0 bridgehead atoms. The number of hydrogen-bond acceptors (Lipinski definition) is 1. The second-order valence-electron chi connectivity index (χ2n) is 7.15. The summed E-state index contributed by atoms with van der Waals surface area (Å²) in [4.78, 5) is 0. The van der Waals surface area contributed by atoms with Crippen LogP contribution in [-0.4, -0.2) is 22.3 Å². The molecular weight excluding hydrogens is 364 g/mol. The van der Waals surface area contributed by atoms with Gasteiger partial charge in [0, 0.05) is 25.9 Å². The van der Waals surface area contributed by atoms with Crippen LogP contribution in [0.1, 0.15) is 46.5 Å². The molecule has 1 heterocycles. The molecule has 0 amide bonds. The third-order valence-corrected chi connectivity index (χ3v) is 11.8. The van der Waals surface area contributed by atoms with E-state index in [4.69, 9.17) is 0 Å². The van der Waals surface area contributed by atoms with Gasteiger partial charge in [0.05, 0.1) is 0 Å². The van der Waals surface area contributed by atoms with Crippen molar-refractivity contribution in [1.29, 1.82) is 0 Å². The van der Waals surface area contributed by atoms with Crippen molar-refractivity contribution in [2.45, 2.75) is 57.8 Å². The number of hydrogen-bond donors (Lipinski definition) is 0. The van der Waals surface area contributed by atoms with E-state index in [0.717, 1.165) is 11.3 Å². The maximum atomic E-state index is 2.96. The summed E-state index contributed by atoms with van der Waals surface area (Å²) in [6.45, 7) is 8.27. The molecule has 1 nitrogen and oxygen atoms in total. The fourth-order valence-electron chi connectivity index (χ4n) is 3.84. The van der Waals surface area contributed by atoms with Gasteiger partial charge in [0.25, 0.3) is 0 Å². The smallest absolute Gasteiger partial charge is 0.0318 e. The fraction of sp³-hybridized carbons (Fsp3) is 0.417. The molecule has 3 heteroatoms. The molecule has 1 aliphatic heterocycles. The second kappa shape index (κ2) is 10.5. The minimum atomic E-state index is -0.479. The van der Waals surface area contributed by atoms with E-state index in [1.54, 1.807) is 0 Å². The zero-order chi connectivity index (χ0) is 19.1. The molecule has 1 aliphatic rings. The highest BCUT2D eigenvalue weighted by Gasteiger charge is 2.38. The highest BCUT2D eigenvalue weighted by molar-refractivity contribution is 7.80. The van der Waals surface area contributed by atoms with E-state index in [1.165, 1.54) is 42.8 Å². The average molecular weight is 397 g/mol. The van der Waals surface area contributed by atoms with Gasteiger partial charge in [-0.05, 0) is 37.9 Å². The van der Waals surface area contributed by atoms with Crippen LogP contribution >= 0.6 is 16.1 Å². The van der Waals surface area contributed by atoms with E-state index in [-0.39, 0.29) is 8.07 Å². The lowest BCUT2D eigenvalue weighted by Gasteiger charge is -2.42. The highest BCUT2D eigenvalue weighted by Crippen LogP contribution is 2.64. The maximum Gasteiger partial charge on any atom is 0.0318 e. The van der Waals surface area contributed by atoms with Crippen molar-refractivity contribution in [3.8, 4) is 0 Å². The molecule has 0 spiro atoms. The standard InChI is InChI=1S/C24H33NP2/c1-4-7-20-25(26-21(5-2)18-19-22(26)6-3)27(23-14-10-8-11-15-23)24-16-12-9-13-17-24/h8-19,21-22H,4-7,20H2,1-3H3/t21-,22?,26?/m1/s1. The first-order valence-electron chi connectivity index (χ1n) is 10.4. The third kappa shape index (κ3) is 4.89. The van der Waals surface area contributed by atoms with E-state index in [2.05, 4.69) is 98.0 Å². The molecule has 3 atom stereocenters. The minimum absolute atomic E-state index is 0.183. The van der Waals surface area contributed by atoms with E-state index in [0.29, 0.717) is 0 Å². The van der Waals surface area contributed by atoms with Gasteiger partial charge in [0.15, 0.2) is 0 Å². The number of benzene rings is 2. The van der Waals surface area contributed by atoms with Gasteiger partial charge in [-0.3, -0.25) is 4.44 Å². The molecule has 2 aromatic rings. The third-order valence-electron chi connectivity index (χ3n) is 5.28. The summed E-state index contributed by atoms with van der Waals surface area (Å²) in [5, 5.41) is 2.99. The Morgan fingerprint density at radius 2 is 1.26 bits per heavy atom. The molecule has 144 valence electrons. The molecule has 27 heavy (non-hydrogen) atoms. The predicted molar refractivity (Wildman–Crippen MR) is 125 cm³/mol. The van der Waals surface area contributed by atoms with Crippen molar-refractivity contribution in [2.75, 3.05) is 6.54 Å². The Morgan fingerprint density at radius 1 is 0.778 bits per heavy atom. The van der Waals surface area contributed by atoms with Gasteiger partial charge < -0.3 is 0 Å². The summed E-state index contributed by atoms with van der Waals surface area (Å²) in [5.41, 5.74) is 1.47. The van der Waals surface area contributed by atoms with Crippen molar-refractivity contribution >= 4 is 26.8 Å². The molecule has 2 aromatic carbocycles. The Labute approximate surface area is 168 Å². The Hall–Kier alpha value is -1.00. The van der Waals surface area contributed by atoms with Crippen LogP contribution in [0.2, 0.25) is 0 Å². The number of rotatable bonds is 9. The van der Waals surface area contributed by atoms with Crippen LogP contribution < -0.4 is 10.6 Å². The van der Waals surface area contributed by atoms with Crippen molar-refractivity contribution < 1.29 is 0 Å². The lowest BCUT2D eigenvalue weighted by molar-refractivity contribution is 0.629. The molecule has 0 saturated heterocycles. The zero-order valence-corrected chi connectivity index (χ0v) is 18.7. The van der Waals surface area contributed by atoms with Gasteiger partial charge >= 0.3 is 0 Å². The summed E-state index contributed by atoms with van der Waals surface area (Å²) in [7, 11) is -0.662. The fourth-order valence-corrected chi connectivity index (χ4v) is 11.0. The van der Waals surface area contributed by atoms with Crippen LogP contribution in [0.15, 0.2) is 72.8 Å². The summed E-state index contributed by atoms with van der Waals surface area (Å²) >= 11 is 0. The van der Waals surface area contributed by atoms with E-state index < -0.39 is 8.07 Å². The first-order valence-corrected chi connectivity index (χ1v) is 13.2. The Kier molecular flexibility index (Phi) is 8.07. The predicted octanol–water partition coefficient (Wildman–Crippen LogP) is 6.66.